The van der Waals surface area contributed by atoms with Gasteiger partial charge < -0.3 is 10.1 Å². The lowest BCUT2D eigenvalue weighted by atomic mass is 10.2. The van der Waals surface area contributed by atoms with Crippen LogP contribution in [0.5, 0.6) is 5.75 Å². The van der Waals surface area contributed by atoms with Crippen LogP contribution in [0.2, 0.25) is 0 Å². The van der Waals surface area contributed by atoms with E-state index in [0.29, 0.717) is 28.5 Å². The average Bonchev–Trinajstić information content (AvgIpc) is 2.58. The number of ether oxygens (including phenoxy) is 1. The van der Waals surface area contributed by atoms with Crippen molar-refractivity contribution in [1.29, 1.82) is 0 Å². The Kier molecular flexibility index (Phi) is 6.89. The van der Waals surface area contributed by atoms with Gasteiger partial charge in [-0.05, 0) is 49.5 Å². The van der Waals surface area contributed by atoms with Crippen LogP contribution in [0.4, 0.5) is 0 Å². The fraction of sp³-hybridized carbons (Fsp3) is 0.118. The molecular formula is C17H16BrN3O2S. The normalized spacial score (nSPS) is 10.4. The summed E-state index contributed by atoms with van der Waals surface area (Å²) in [7, 11) is 0. The molecule has 0 radical (unpaired) electrons. The van der Waals surface area contributed by atoms with Crippen molar-refractivity contribution < 1.29 is 9.53 Å². The van der Waals surface area contributed by atoms with E-state index < -0.39 is 5.97 Å². The van der Waals surface area contributed by atoms with Crippen molar-refractivity contribution in [1.82, 2.24) is 10.7 Å². The van der Waals surface area contributed by atoms with Crippen molar-refractivity contribution in [3.05, 3.63) is 64.1 Å². The molecule has 0 aliphatic rings. The molecule has 0 atom stereocenters. The van der Waals surface area contributed by atoms with E-state index in [1.54, 1.807) is 48.7 Å². The fourth-order valence-corrected chi connectivity index (χ4v) is 2.38. The highest BCUT2D eigenvalue weighted by atomic mass is 79.9. The summed E-state index contributed by atoms with van der Waals surface area (Å²) in [4.78, 5) is 12.2. The molecule has 2 aromatic rings. The molecule has 0 saturated carbocycles. The average molecular weight is 406 g/mol. The van der Waals surface area contributed by atoms with Gasteiger partial charge >= 0.3 is 5.97 Å². The van der Waals surface area contributed by atoms with Gasteiger partial charge in [0.25, 0.3) is 0 Å². The molecule has 0 aromatic heterocycles. The third-order valence-electron chi connectivity index (χ3n) is 2.89. The van der Waals surface area contributed by atoms with Crippen LogP contribution < -0.4 is 15.5 Å². The van der Waals surface area contributed by atoms with Gasteiger partial charge in [-0.3, -0.25) is 5.43 Å². The first-order valence-corrected chi connectivity index (χ1v) is 8.44. The molecule has 124 valence electrons. The minimum atomic E-state index is -0.427. The molecule has 2 rings (SSSR count). The monoisotopic (exact) mass is 405 g/mol. The Hall–Kier alpha value is -2.25. The Morgan fingerprint density at radius 1 is 1.29 bits per heavy atom. The van der Waals surface area contributed by atoms with Crippen molar-refractivity contribution in [3.63, 3.8) is 0 Å². The van der Waals surface area contributed by atoms with Crippen LogP contribution >= 0.6 is 28.1 Å². The van der Waals surface area contributed by atoms with Crippen LogP contribution in [0.3, 0.4) is 0 Å². The summed E-state index contributed by atoms with van der Waals surface area (Å²) in [5, 5.41) is 7.40. The molecule has 0 saturated heterocycles. The summed E-state index contributed by atoms with van der Waals surface area (Å²) < 4.78 is 6.31. The van der Waals surface area contributed by atoms with Crippen LogP contribution in [0.1, 0.15) is 22.8 Å². The molecule has 0 spiro atoms. The number of hydrogen-bond acceptors (Lipinski definition) is 4. The molecule has 0 aliphatic heterocycles. The van der Waals surface area contributed by atoms with Crippen molar-refractivity contribution in [2.24, 2.45) is 5.10 Å². The van der Waals surface area contributed by atoms with Crippen LogP contribution in [-0.2, 0) is 0 Å². The number of hydrazone groups is 1. The molecule has 2 aromatic carbocycles. The highest BCUT2D eigenvalue weighted by Gasteiger charge is 2.11. The molecule has 0 fully saturated rings. The number of halogens is 1. The summed E-state index contributed by atoms with van der Waals surface area (Å²) in [6.07, 6.45) is 1.54. The predicted molar refractivity (Wildman–Crippen MR) is 103 cm³/mol. The number of carbonyl (C=O) groups excluding carboxylic acids is 1. The molecule has 0 unspecified atom stereocenters. The summed E-state index contributed by atoms with van der Waals surface area (Å²) in [6, 6.07) is 14.1. The maximum absolute atomic E-state index is 12.2. The lowest BCUT2D eigenvalue weighted by Crippen LogP contribution is -2.31. The lowest BCUT2D eigenvalue weighted by Gasteiger charge is -2.08. The van der Waals surface area contributed by atoms with E-state index in [4.69, 9.17) is 17.0 Å². The Labute approximate surface area is 154 Å². The molecule has 0 aliphatic carbocycles. The van der Waals surface area contributed by atoms with Crippen LogP contribution in [-0.4, -0.2) is 23.8 Å². The second kappa shape index (κ2) is 9.14. The summed E-state index contributed by atoms with van der Waals surface area (Å²) >= 11 is 8.42. The zero-order valence-corrected chi connectivity index (χ0v) is 15.4. The van der Waals surface area contributed by atoms with Crippen molar-refractivity contribution in [3.8, 4) is 5.75 Å². The smallest absolute Gasteiger partial charge is 0.343 e. The van der Waals surface area contributed by atoms with Gasteiger partial charge in [0.15, 0.2) is 5.11 Å². The predicted octanol–water partition coefficient (Wildman–Crippen LogP) is 3.49. The number of nitrogens with zero attached hydrogens (tertiary/aromatic N) is 1. The number of benzene rings is 2. The molecule has 2 N–H and O–H groups in total. The Bertz CT molecular complexity index is 751. The quantitative estimate of drug-likeness (QED) is 0.262. The summed E-state index contributed by atoms with van der Waals surface area (Å²) in [5.41, 5.74) is 3.82. The van der Waals surface area contributed by atoms with Crippen molar-refractivity contribution in [2.75, 3.05) is 6.54 Å². The van der Waals surface area contributed by atoms with Gasteiger partial charge in [-0.15, -0.1) is 0 Å². The second-order valence-corrected chi connectivity index (χ2v) is 5.99. The van der Waals surface area contributed by atoms with E-state index in [-0.39, 0.29) is 0 Å². The van der Waals surface area contributed by atoms with E-state index in [1.807, 2.05) is 13.0 Å². The molecule has 0 bridgehead atoms. The van der Waals surface area contributed by atoms with Gasteiger partial charge in [-0.1, -0.05) is 34.1 Å². The molecular weight excluding hydrogens is 390 g/mol. The second-order valence-electron chi connectivity index (χ2n) is 4.67. The lowest BCUT2D eigenvalue weighted by molar-refractivity contribution is 0.0734. The Morgan fingerprint density at radius 2 is 2.04 bits per heavy atom. The number of carbonyl (C=O) groups is 1. The first-order chi connectivity index (χ1) is 11.6. The van der Waals surface area contributed by atoms with Gasteiger partial charge in [-0.2, -0.15) is 5.10 Å². The molecule has 0 amide bonds. The van der Waals surface area contributed by atoms with Gasteiger partial charge in [-0.25, -0.2) is 4.79 Å². The first kappa shape index (κ1) is 18.1. The number of thiocarbonyl (C=S) groups is 1. The van der Waals surface area contributed by atoms with Crippen molar-refractivity contribution >= 4 is 45.4 Å². The number of hydrogen-bond donors (Lipinski definition) is 2. The molecule has 7 heteroatoms. The highest BCUT2D eigenvalue weighted by Crippen LogP contribution is 2.22. The van der Waals surface area contributed by atoms with E-state index in [0.717, 1.165) is 4.47 Å². The standard InChI is InChI=1S/C17H16BrN3O2S/c1-2-19-17(24)21-20-11-13-10-14(18)8-9-15(13)23-16(22)12-6-4-3-5-7-12/h3-11H,2H2,1H3,(H2,19,21,24)/b20-11+. The number of esters is 1. The molecule has 0 heterocycles. The third-order valence-corrected chi connectivity index (χ3v) is 3.62. The van der Waals surface area contributed by atoms with E-state index in [9.17, 15) is 4.79 Å². The minimum absolute atomic E-state index is 0.409. The van der Waals surface area contributed by atoms with Gasteiger partial charge in [0.2, 0.25) is 0 Å². The van der Waals surface area contributed by atoms with E-state index in [2.05, 4.69) is 31.8 Å². The molecule has 24 heavy (non-hydrogen) atoms. The first-order valence-electron chi connectivity index (χ1n) is 7.24. The minimum Gasteiger partial charge on any atom is -0.422 e. The number of rotatable bonds is 5. The third kappa shape index (κ3) is 5.43. The zero-order chi connectivity index (χ0) is 17.4. The molecule has 5 nitrogen and oxygen atoms in total. The maximum atomic E-state index is 12.2. The van der Waals surface area contributed by atoms with E-state index in [1.165, 1.54) is 0 Å². The van der Waals surface area contributed by atoms with Crippen LogP contribution in [0, 0.1) is 0 Å². The fourth-order valence-electron chi connectivity index (χ4n) is 1.81. The Balaban J connectivity index is 2.14. The van der Waals surface area contributed by atoms with Gasteiger partial charge in [0.05, 0.1) is 11.8 Å². The van der Waals surface area contributed by atoms with Gasteiger partial charge in [0.1, 0.15) is 5.75 Å². The van der Waals surface area contributed by atoms with E-state index >= 15 is 0 Å². The topological polar surface area (TPSA) is 62.7 Å². The SMILES string of the molecule is CCNC(=S)N/N=C/c1cc(Br)ccc1OC(=O)c1ccccc1. The summed E-state index contributed by atoms with van der Waals surface area (Å²) in [5.74, 6) is -0.0179. The van der Waals surface area contributed by atoms with Crippen LogP contribution in [0.15, 0.2) is 58.1 Å². The van der Waals surface area contributed by atoms with Crippen LogP contribution in [0.25, 0.3) is 0 Å². The number of nitrogens with one attached hydrogen (secondary N) is 2. The van der Waals surface area contributed by atoms with Gasteiger partial charge in [0, 0.05) is 16.6 Å². The zero-order valence-electron chi connectivity index (χ0n) is 13.0. The maximum Gasteiger partial charge on any atom is 0.343 e. The highest BCUT2D eigenvalue weighted by molar-refractivity contribution is 9.10. The Morgan fingerprint density at radius 3 is 2.75 bits per heavy atom. The summed E-state index contributed by atoms with van der Waals surface area (Å²) in [6.45, 7) is 2.64. The largest absolute Gasteiger partial charge is 0.422 e. The van der Waals surface area contributed by atoms with Crippen molar-refractivity contribution in [2.45, 2.75) is 6.92 Å².